The molecule has 2 nitrogen and oxygen atoms in total. The van der Waals surface area contributed by atoms with Crippen molar-refractivity contribution in [1.82, 2.24) is 5.32 Å². The quantitative estimate of drug-likeness (QED) is 0.666. The summed E-state index contributed by atoms with van der Waals surface area (Å²) in [6, 6.07) is 0. The third kappa shape index (κ3) is 1.13. The van der Waals surface area contributed by atoms with Gasteiger partial charge in [-0.15, -0.1) is 0 Å². The standard InChI is InChI=1S/C10H17NO/c1-2-4-10-5-3-8(6-10)9(12)11-7-10/h8H,2-7H2,1H3,(H,11,12). The molecular formula is C10H17NO. The van der Waals surface area contributed by atoms with E-state index in [1.807, 2.05) is 0 Å². The van der Waals surface area contributed by atoms with Crippen molar-refractivity contribution in [3.05, 3.63) is 0 Å². The minimum atomic E-state index is 0.305. The van der Waals surface area contributed by atoms with Crippen LogP contribution in [0.25, 0.3) is 0 Å². The van der Waals surface area contributed by atoms with E-state index in [4.69, 9.17) is 0 Å². The number of nitrogens with one attached hydrogen (secondary N) is 1. The third-order valence-corrected chi connectivity index (χ3v) is 3.49. The van der Waals surface area contributed by atoms with Crippen LogP contribution in [0.5, 0.6) is 0 Å². The molecule has 1 aliphatic carbocycles. The Morgan fingerprint density at radius 3 is 3.25 bits per heavy atom. The lowest BCUT2D eigenvalue weighted by Crippen LogP contribution is -2.43. The molecule has 2 rings (SSSR count). The minimum Gasteiger partial charge on any atom is -0.355 e. The Morgan fingerprint density at radius 1 is 1.67 bits per heavy atom. The third-order valence-electron chi connectivity index (χ3n) is 3.49. The fraction of sp³-hybridized carbons (Fsp3) is 0.900. The van der Waals surface area contributed by atoms with Crippen molar-refractivity contribution >= 4 is 5.91 Å². The first-order valence-electron chi connectivity index (χ1n) is 5.03. The molecule has 0 spiro atoms. The van der Waals surface area contributed by atoms with Crippen LogP contribution in [0.15, 0.2) is 0 Å². The topological polar surface area (TPSA) is 29.1 Å². The van der Waals surface area contributed by atoms with Gasteiger partial charge in [-0.05, 0) is 31.1 Å². The molecule has 2 heteroatoms. The van der Waals surface area contributed by atoms with Crippen molar-refractivity contribution in [2.24, 2.45) is 11.3 Å². The summed E-state index contributed by atoms with van der Waals surface area (Å²) in [5.74, 6) is 0.657. The summed E-state index contributed by atoms with van der Waals surface area (Å²) in [5, 5.41) is 3.03. The summed E-state index contributed by atoms with van der Waals surface area (Å²) < 4.78 is 0. The highest BCUT2D eigenvalue weighted by atomic mass is 16.2. The normalized spacial score (nSPS) is 39.8. The average Bonchev–Trinajstić information content (AvgIpc) is 2.41. The molecule has 2 fully saturated rings. The number of hydrogen-bond acceptors (Lipinski definition) is 1. The van der Waals surface area contributed by atoms with Gasteiger partial charge in [0.1, 0.15) is 0 Å². The van der Waals surface area contributed by atoms with Crippen LogP contribution in [0.4, 0.5) is 0 Å². The summed E-state index contributed by atoms with van der Waals surface area (Å²) in [4.78, 5) is 11.3. The zero-order valence-corrected chi connectivity index (χ0v) is 7.73. The molecule has 0 aromatic heterocycles. The van der Waals surface area contributed by atoms with Gasteiger partial charge < -0.3 is 5.32 Å². The number of carbonyl (C=O) groups is 1. The van der Waals surface area contributed by atoms with E-state index >= 15 is 0 Å². The number of hydrogen-bond donors (Lipinski definition) is 1. The van der Waals surface area contributed by atoms with Crippen LogP contribution < -0.4 is 5.32 Å². The zero-order chi connectivity index (χ0) is 8.60. The van der Waals surface area contributed by atoms with Gasteiger partial charge in [0.2, 0.25) is 5.91 Å². The highest BCUT2D eigenvalue weighted by Crippen LogP contribution is 2.47. The molecule has 12 heavy (non-hydrogen) atoms. The first kappa shape index (κ1) is 8.09. The van der Waals surface area contributed by atoms with Gasteiger partial charge in [0.25, 0.3) is 0 Å². The fourth-order valence-corrected chi connectivity index (χ4v) is 2.86. The molecule has 2 unspecified atom stereocenters. The second kappa shape index (κ2) is 2.75. The van der Waals surface area contributed by atoms with E-state index in [2.05, 4.69) is 12.2 Å². The molecule has 1 saturated heterocycles. The van der Waals surface area contributed by atoms with Crippen LogP contribution in [-0.2, 0) is 4.79 Å². The molecule has 0 radical (unpaired) electrons. The molecule has 0 aromatic rings. The maximum absolute atomic E-state index is 11.3. The summed E-state index contributed by atoms with van der Waals surface area (Å²) in [5.41, 5.74) is 0.493. The van der Waals surface area contributed by atoms with E-state index in [1.165, 1.54) is 19.3 Å². The van der Waals surface area contributed by atoms with Crippen LogP contribution in [0.2, 0.25) is 0 Å². The Labute approximate surface area is 73.7 Å². The maximum atomic E-state index is 11.3. The Kier molecular flexibility index (Phi) is 1.85. The van der Waals surface area contributed by atoms with Gasteiger partial charge in [-0.1, -0.05) is 13.3 Å². The smallest absolute Gasteiger partial charge is 0.223 e. The van der Waals surface area contributed by atoms with Crippen LogP contribution in [0.3, 0.4) is 0 Å². The van der Waals surface area contributed by atoms with Crippen LogP contribution in [0.1, 0.15) is 39.0 Å². The highest BCUT2D eigenvalue weighted by Gasteiger charge is 2.44. The van der Waals surface area contributed by atoms with Gasteiger partial charge in [0, 0.05) is 12.5 Å². The lowest BCUT2D eigenvalue weighted by Gasteiger charge is -2.32. The largest absolute Gasteiger partial charge is 0.355 e. The van der Waals surface area contributed by atoms with Crippen molar-refractivity contribution in [3.8, 4) is 0 Å². The van der Waals surface area contributed by atoms with Crippen molar-refractivity contribution in [1.29, 1.82) is 0 Å². The first-order valence-corrected chi connectivity index (χ1v) is 5.03. The van der Waals surface area contributed by atoms with E-state index < -0.39 is 0 Å². The van der Waals surface area contributed by atoms with Gasteiger partial charge in [-0.2, -0.15) is 0 Å². The Morgan fingerprint density at radius 2 is 2.50 bits per heavy atom. The Hall–Kier alpha value is -0.530. The fourth-order valence-electron chi connectivity index (χ4n) is 2.86. The van der Waals surface area contributed by atoms with E-state index in [0.717, 1.165) is 19.4 Å². The molecule has 1 aliphatic heterocycles. The monoisotopic (exact) mass is 167 g/mol. The molecule has 0 aromatic carbocycles. The zero-order valence-electron chi connectivity index (χ0n) is 7.73. The van der Waals surface area contributed by atoms with Crippen molar-refractivity contribution in [2.45, 2.75) is 39.0 Å². The van der Waals surface area contributed by atoms with Crippen LogP contribution in [-0.4, -0.2) is 12.5 Å². The molecule has 2 atom stereocenters. The second-order valence-electron chi connectivity index (χ2n) is 4.41. The van der Waals surface area contributed by atoms with Crippen molar-refractivity contribution in [3.63, 3.8) is 0 Å². The van der Waals surface area contributed by atoms with Crippen LogP contribution >= 0.6 is 0 Å². The number of fused-ring (bicyclic) bond motifs is 2. The van der Waals surface area contributed by atoms with Gasteiger partial charge in [0.15, 0.2) is 0 Å². The van der Waals surface area contributed by atoms with E-state index in [0.29, 0.717) is 17.2 Å². The first-order chi connectivity index (χ1) is 5.76. The predicted octanol–water partition coefficient (Wildman–Crippen LogP) is 1.70. The summed E-state index contributed by atoms with van der Waals surface area (Å²) >= 11 is 0. The second-order valence-corrected chi connectivity index (χ2v) is 4.41. The Balaban J connectivity index is 2.08. The van der Waals surface area contributed by atoms with E-state index in [9.17, 15) is 4.79 Å². The Bertz CT molecular complexity index is 202. The SMILES string of the molecule is CCCC12CCC(C1)C(=O)NC2. The molecule has 2 aliphatic rings. The number of carbonyl (C=O) groups excluding carboxylic acids is 1. The van der Waals surface area contributed by atoms with Gasteiger partial charge in [0.05, 0.1) is 0 Å². The number of rotatable bonds is 2. The molecular weight excluding hydrogens is 150 g/mol. The lowest BCUT2D eigenvalue weighted by atomic mass is 9.79. The minimum absolute atomic E-state index is 0.305. The van der Waals surface area contributed by atoms with E-state index in [-0.39, 0.29) is 0 Å². The number of piperidine rings is 1. The number of amides is 1. The summed E-state index contributed by atoms with van der Waals surface area (Å²) in [6.45, 7) is 3.18. The van der Waals surface area contributed by atoms with Gasteiger partial charge >= 0.3 is 0 Å². The van der Waals surface area contributed by atoms with Crippen LogP contribution in [0, 0.1) is 11.3 Å². The molecule has 1 N–H and O–H groups in total. The van der Waals surface area contributed by atoms with Gasteiger partial charge in [-0.3, -0.25) is 4.79 Å². The molecule has 1 saturated carbocycles. The molecule has 1 amide bonds. The van der Waals surface area contributed by atoms with Gasteiger partial charge in [-0.25, -0.2) is 0 Å². The molecule has 2 bridgehead atoms. The van der Waals surface area contributed by atoms with Crippen molar-refractivity contribution in [2.75, 3.05) is 6.54 Å². The molecule has 1 heterocycles. The lowest BCUT2D eigenvalue weighted by molar-refractivity contribution is -0.127. The average molecular weight is 167 g/mol. The van der Waals surface area contributed by atoms with E-state index in [1.54, 1.807) is 0 Å². The summed E-state index contributed by atoms with van der Waals surface area (Å²) in [7, 11) is 0. The summed E-state index contributed by atoms with van der Waals surface area (Å²) in [6.07, 6.45) is 6.11. The molecule has 68 valence electrons. The van der Waals surface area contributed by atoms with Crippen molar-refractivity contribution < 1.29 is 4.79 Å². The maximum Gasteiger partial charge on any atom is 0.223 e. The predicted molar refractivity (Wildman–Crippen MR) is 47.7 cm³/mol. The highest BCUT2D eigenvalue weighted by molar-refractivity contribution is 5.80.